The van der Waals surface area contributed by atoms with E-state index in [-0.39, 0.29) is 11.8 Å². The van der Waals surface area contributed by atoms with E-state index < -0.39 is 5.54 Å². The molecule has 1 fully saturated rings. The molecule has 2 rings (SSSR count). The normalized spacial score (nSPS) is 17.9. The Kier molecular flexibility index (Phi) is 4.27. The van der Waals surface area contributed by atoms with Crippen LogP contribution in [0, 0.1) is 0 Å². The van der Waals surface area contributed by atoms with Gasteiger partial charge in [0.05, 0.1) is 12.7 Å². The number of nitrogens with zero attached hydrogens (tertiary/aromatic N) is 2. The minimum Gasteiger partial charge on any atom is -0.496 e. The van der Waals surface area contributed by atoms with E-state index in [1.165, 1.54) is 7.11 Å². The third-order valence-electron chi connectivity index (χ3n) is 3.84. The molecule has 0 bridgehead atoms. The van der Waals surface area contributed by atoms with Crippen LogP contribution in [0.25, 0.3) is 0 Å². The SMILES string of the molecule is COc1cc(Br)ccc1C(=O)N1CCN(C)C(=O)C1(C)C. The second kappa shape index (κ2) is 5.67. The molecule has 1 aromatic rings. The van der Waals surface area contributed by atoms with Gasteiger partial charge in [-0.25, -0.2) is 0 Å². The molecule has 1 aromatic carbocycles. The third-order valence-corrected chi connectivity index (χ3v) is 4.34. The Morgan fingerprint density at radius 3 is 2.62 bits per heavy atom. The quantitative estimate of drug-likeness (QED) is 0.817. The van der Waals surface area contributed by atoms with E-state index in [9.17, 15) is 9.59 Å². The zero-order chi connectivity index (χ0) is 15.8. The predicted molar refractivity (Wildman–Crippen MR) is 83.4 cm³/mol. The van der Waals surface area contributed by atoms with Crippen LogP contribution in [0.5, 0.6) is 5.75 Å². The molecular formula is C15H19BrN2O3. The van der Waals surface area contributed by atoms with Crippen LogP contribution in [0.4, 0.5) is 0 Å². The van der Waals surface area contributed by atoms with Gasteiger partial charge in [-0.3, -0.25) is 9.59 Å². The number of piperazine rings is 1. The van der Waals surface area contributed by atoms with Crippen molar-refractivity contribution in [1.82, 2.24) is 9.80 Å². The fourth-order valence-electron chi connectivity index (χ4n) is 2.56. The smallest absolute Gasteiger partial charge is 0.258 e. The van der Waals surface area contributed by atoms with E-state index in [0.29, 0.717) is 24.4 Å². The summed E-state index contributed by atoms with van der Waals surface area (Å²) in [4.78, 5) is 28.4. The van der Waals surface area contributed by atoms with Gasteiger partial charge in [-0.15, -0.1) is 0 Å². The van der Waals surface area contributed by atoms with Crippen molar-refractivity contribution in [2.75, 3.05) is 27.2 Å². The molecule has 114 valence electrons. The summed E-state index contributed by atoms with van der Waals surface area (Å²) in [6.45, 7) is 4.59. The lowest BCUT2D eigenvalue weighted by Crippen LogP contribution is -2.63. The maximum atomic E-state index is 12.8. The maximum Gasteiger partial charge on any atom is 0.258 e. The number of likely N-dealkylation sites (N-methyl/N-ethyl adjacent to an activating group) is 1. The topological polar surface area (TPSA) is 49.9 Å². The molecule has 0 aliphatic carbocycles. The molecule has 1 heterocycles. The summed E-state index contributed by atoms with van der Waals surface area (Å²) in [7, 11) is 3.28. The molecule has 0 spiro atoms. The van der Waals surface area contributed by atoms with E-state index in [2.05, 4.69) is 15.9 Å². The first kappa shape index (κ1) is 15.8. The van der Waals surface area contributed by atoms with Gasteiger partial charge in [-0.1, -0.05) is 15.9 Å². The molecule has 0 N–H and O–H groups in total. The molecule has 2 amide bonds. The summed E-state index contributed by atoms with van der Waals surface area (Å²) >= 11 is 3.36. The lowest BCUT2D eigenvalue weighted by molar-refractivity contribution is -0.144. The number of carbonyl (C=O) groups excluding carboxylic acids is 2. The molecule has 1 aliphatic rings. The molecular weight excluding hydrogens is 336 g/mol. The standard InChI is InChI=1S/C15H19BrN2O3/c1-15(2)14(20)17(3)7-8-18(15)13(19)11-6-5-10(16)9-12(11)21-4/h5-6,9H,7-8H2,1-4H3. The van der Waals surface area contributed by atoms with E-state index in [1.807, 2.05) is 0 Å². The number of hydrogen-bond donors (Lipinski definition) is 0. The monoisotopic (exact) mass is 354 g/mol. The van der Waals surface area contributed by atoms with Gasteiger partial charge in [0.1, 0.15) is 11.3 Å². The number of methoxy groups -OCH3 is 1. The molecule has 1 aliphatic heterocycles. The Labute approximate surface area is 133 Å². The third kappa shape index (κ3) is 2.77. The van der Waals surface area contributed by atoms with Gasteiger partial charge < -0.3 is 14.5 Å². The van der Waals surface area contributed by atoms with Crippen molar-refractivity contribution in [2.24, 2.45) is 0 Å². The minimum atomic E-state index is -0.859. The maximum absolute atomic E-state index is 12.8. The average molecular weight is 355 g/mol. The van der Waals surface area contributed by atoms with E-state index in [1.54, 1.807) is 48.9 Å². The lowest BCUT2D eigenvalue weighted by Gasteiger charge is -2.44. The van der Waals surface area contributed by atoms with Crippen molar-refractivity contribution < 1.29 is 14.3 Å². The van der Waals surface area contributed by atoms with Crippen LogP contribution in [0.2, 0.25) is 0 Å². The molecule has 0 aromatic heterocycles. The number of hydrogen-bond acceptors (Lipinski definition) is 3. The average Bonchev–Trinajstić information content (AvgIpc) is 2.44. The largest absolute Gasteiger partial charge is 0.496 e. The Morgan fingerprint density at radius 2 is 2.00 bits per heavy atom. The summed E-state index contributed by atoms with van der Waals surface area (Å²) in [6.07, 6.45) is 0. The first-order valence-electron chi connectivity index (χ1n) is 6.70. The zero-order valence-corrected chi connectivity index (χ0v) is 14.2. The molecule has 0 unspecified atom stereocenters. The highest BCUT2D eigenvalue weighted by Crippen LogP contribution is 2.29. The van der Waals surface area contributed by atoms with Crippen molar-refractivity contribution in [2.45, 2.75) is 19.4 Å². The van der Waals surface area contributed by atoms with E-state index >= 15 is 0 Å². The summed E-state index contributed by atoms with van der Waals surface area (Å²) in [5.74, 6) is 0.250. The van der Waals surface area contributed by atoms with Crippen molar-refractivity contribution in [3.63, 3.8) is 0 Å². The van der Waals surface area contributed by atoms with Gasteiger partial charge in [0.25, 0.3) is 5.91 Å². The minimum absolute atomic E-state index is 0.0572. The Hall–Kier alpha value is -1.56. The van der Waals surface area contributed by atoms with Gasteiger partial charge in [0.2, 0.25) is 5.91 Å². The van der Waals surface area contributed by atoms with Gasteiger partial charge >= 0.3 is 0 Å². The number of carbonyl (C=O) groups is 2. The highest BCUT2D eigenvalue weighted by Gasteiger charge is 2.43. The molecule has 0 radical (unpaired) electrons. The fraction of sp³-hybridized carbons (Fsp3) is 0.467. The Balaban J connectivity index is 2.38. The highest BCUT2D eigenvalue weighted by molar-refractivity contribution is 9.10. The number of halogens is 1. The second-order valence-electron chi connectivity index (χ2n) is 5.59. The van der Waals surface area contributed by atoms with Gasteiger partial charge in [-0.2, -0.15) is 0 Å². The number of rotatable bonds is 2. The molecule has 0 saturated carbocycles. The van der Waals surface area contributed by atoms with E-state index in [0.717, 1.165) is 4.47 Å². The summed E-state index contributed by atoms with van der Waals surface area (Å²) in [6, 6.07) is 5.25. The highest BCUT2D eigenvalue weighted by atomic mass is 79.9. The first-order chi connectivity index (χ1) is 9.78. The van der Waals surface area contributed by atoms with Crippen LogP contribution in [0.15, 0.2) is 22.7 Å². The van der Waals surface area contributed by atoms with Crippen molar-refractivity contribution in [3.05, 3.63) is 28.2 Å². The van der Waals surface area contributed by atoms with Crippen molar-refractivity contribution >= 4 is 27.7 Å². The van der Waals surface area contributed by atoms with Crippen LogP contribution in [-0.4, -0.2) is 54.4 Å². The van der Waals surface area contributed by atoms with Crippen molar-refractivity contribution in [1.29, 1.82) is 0 Å². The zero-order valence-electron chi connectivity index (χ0n) is 12.6. The van der Waals surface area contributed by atoms with Crippen LogP contribution in [0.1, 0.15) is 24.2 Å². The van der Waals surface area contributed by atoms with Crippen molar-refractivity contribution in [3.8, 4) is 5.75 Å². The predicted octanol–water partition coefficient (Wildman–Crippen LogP) is 2.15. The van der Waals surface area contributed by atoms with Crippen LogP contribution in [0.3, 0.4) is 0 Å². The number of ether oxygens (including phenoxy) is 1. The molecule has 6 heteroatoms. The van der Waals surface area contributed by atoms with E-state index in [4.69, 9.17) is 4.74 Å². The molecule has 0 atom stereocenters. The van der Waals surface area contributed by atoms with Gasteiger partial charge in [-0.05, 0) is 32.0 Å². The second-order valence-corrected chi connectivity index (χ2v) is 6.50. The van der Waals surface area contributed by atoms with Gasteiger partial charge in [0, 0.05) is 24.6 Å². The summed E-state index contributed by atoms with van der Waals surface area (Å²) in [5, 5.41) is 0. The number of benzene rings is 1. The van der Waals surface area contributed by atoms with Crippen LogP contribution in [-0.2, 0) is 4.79 Å². The Morgan fingerprint density at radius 1 is 1.33 bits per heavy atom. The molecule has 21 heavy (non-hydrogen) atoms. The van der Waals surface area contributed by atoms with Crippen LogP contribution < -0.4 is 4.74 Å². The summed E-state index contributed by atoms with van der Waals surface area (Å²) < 4.78 is 6.12. The molecule has 1 saturated heterocycles. The molecule has 5 nitrogen and oxygen atoms in total. The van der Waals surface area contributed by atoms with Crippen LogP contribution >= 0.6 is 15.9 Å². The first-order valence-corrected chi connectivity index (χ1v) is 7.49. The summed E-state index contributed by atoms with van der Waals surface area (Å²) in [5.41, 5.74) is -0.395. The number of amides is 2. The Bertz CT molecular complexity index is 586. The lowest BCUT2D eigenvalue weighted by atomic mass is 9.96. The van der Waals surface area contributed by atoms with Gasteiger partial charge in [0.15, 0.2) is 0 Å². The fourth-order valence-corrected chi connectivity index (χ4v) is 2.90.